The standard InChI is InChI=1S/C26H20N4O/c27-25(17-8-2-1-3-9-17)28-18-10-6-11-19(16-18)29-26(31)22-14-7-13-21-20-12-4-5-15-23(20)30-24(21)22/h1-16,30H,(H2,27,28)(H,29,31). The maximum absolute atomic E-state index is 13.1. The van der Waals surface area contributed by atoms with E-state index in [4.69, 9.17) is 5.73 Å². The lowest BCUT2D eigenvalue weighted by molar-refractivity contribution is 0.102. The summed E-state index contributed by atoms with van der Waals surface area (Å²) < 4.78 is 0. The zero-order valence-corrected chi connectivity index (χ0v) is 16.7. The fraction of sp³-hybridized carbons (Fsp3) is 0. The minimum Gasteiger partial charge on any atom is -0.383 e. The Morgan fingerprint density at radius 2 is 1.55 bits per heavy atom. The largest absolute Gasteiger partial charge is 0.383 e. The SMILES string of the molecule is NC(=Nc1cccc(NC(=O)c2cccc3c2[nH]c2ccccc23)c1)c1ccccc1. The van der Waals surface area contributed by atoms with Crippen LogP contribution in [0.1, 0.15) is 15.9 Å². The van der Waals surface area contributed by atoms with E-state index in [1.165, 1.54) is 0 Å². The van der Waals surface area contributed by atoms with E-state index in [0.29, 0.717) is 22.8 Å². The number of carbonyl (C=O) groups is 1. The van der Waals surface area contributed by atoms with Crippen LogP contribution >= 0.6 is 0 Å². The van der Waals surface area contributed by atoms with Crippen molar-refractivity contribution in [3.05, 3.63) is 108 Å². The summed E-state index contributed by atoms with van der Waals surface area (Å²) in [6, 6.07) is 30.7. The second-order valence-corrected chi connectivity index (χ2v) is 7.27. The van der Waals surface area contributed by atoms with E-state index >= 15 is 0 Å². The Hall–Kier alpha value is -4.38. The van der Waals surface area contributed by atoms with Gasteiger partial charge in [-0.25, -0.2) is 4.99 Å². The Balaban J connectivity index is 1.44. The van der Waals surface area contributed by atoms with E-state index in [-0.39, 0.29) is 5.91 Å². The summed E-state index contributed by atoms with van der Waals surface area (Å²) in [6.07, 6.45) is 0. The van der Waals surface area contributed by atoms with Crippen LogP contribution in [0.3, 0.4) is 0 Å². The number of benzene rings is 4. The van der Waals surface area contributed by atoms with Gasteiger partial charge in [-0.15, -0.1) is 0 Å². The molecule has 1 amide bonds. The zero-order chi connectivity index (χ0) is 21.2. The Labute approximate surface area is 179 Å². The molecule has 0 unspecified atom stereocenters. The molecule has 1 aromatic heterocycles. The Morgan fingerprint density at radius 3 is 2.42 bits per heavy atom. The highest BCUT2D eigenvalue weighted by atomic mass is 16.1. The summed E-state index contributed by atoms with van der Waals surface area (Å²) in [6.45, 7) is 0. The molecule has 0 radical (unpaired) electrons. The van der Waals surface area contributed by atoms with Crippen LogP contribution in [0.25, 0.3) is 21.8 Å². The number of aliphatic imine (C=N–C) groups is 1. The molecule has 4 aromatic carbocycles. The van der Waals surface area contributed by atoms with Crippen LogP contribution in [-0.4, -0.2) is 16.7 Å². The van der Waals surface area contributed by atoms with Gasteiger partial charge in [0.05, 0.1) is 16.8 Å². The minimum atomic E-state index is -0.186. The lowest BCUT2D eigenvalue weighted by Gasteiger charge is -2.08. The number of hydrogen-bond donors (Lipinski definition) is 3. The van der Waals surface area contributed by atoms with Crippen molar-refractivity contribution in [2.75, 3.05) is 5.32 Å². The van der Waals surface area contributed by atoms with Crippen molar-refractivity contribution in [3.63, 3.8) is 0 Å². The van der Waals surface area contributed by atoms with E-state index in [0.717, 1.165) is 27.4 Å². The molecule has 0 fully saturated rings. The molecule has 0 aliphatic heterocycles. The molecule has 31 heavy (non-hydrogen) atoms. The second kappa shape index (κ2) is 7.80. The van der Waals surface area contributed by atoms with E-state index < -0.39 is 0 Å². The third-order valence-corrected chi connectivity index (χ3v) is 5.21. The van der Waals surface area contributed by atoms with Crippen molar-refractivity contribution < 1.29 is 4.79 Å². The van der Waals surface area contributed by atoms with Gasteiger partial charge in [0.2, 0.25) is 0 Å². The number of amides is 1. The molecule has 0 aliphatic carbocycles. The van der Waals surface area contributed by atoms with Crippen LogP contribution in [0.2, 0.25) is 0 Å². The lowest BCUT2D eigenvalue weighted by Crippen LogP contribution is -2.13. The number of hydrogen-bond acceptors (Lipinski definition) is 2. The second-order valence-electron chi connectivity index (χ2n) is 7.27. The van der Waals surface area contributed by atoms with Crippen LogP contribution < -0.4 is 11.1 Å². The van der Waals surface area contributed by atoms with Gasteiger partial charge in [-0.2, -0.15) is 0 Å². The molecular weight excluding hydrogens is 384 g/mol. The quantitative estimate of drug-likeness (QED) is 0.269. The maximum atomic E-state index is 13.1. The minimum absolute atomic E-state index is 0.186. The average molecular weight is 404 g/mol. The number of H-pyrrole nitrogens is 1. The number of fused-ring (bicyclic) bond motifs is 3. The van der Waals surface area contributed by atoms with Crippen molar-refractivity contribution in [1.29, 1.82) is 0 Å². The van der Waals surface area contributed by atoms with Crippen molar-refractivity contribution in [2.24, 2.45) is 10.7 Å². The van der Waals surface area contributed by atoms with E-state index in [1.54, 1.807) is 6.07 Å². The number of rotatable bonds is 4. The van der Waals surface area contributed by atoms with Gasteiger partial charge >= 0.3 is 0 Å². The summed E-state index contributed by atoms with van der Waals surface area (Å²) in [7, 11) is 0. The van der Waals surface area contributed by atoms with Crippen LogP contribution in [0, 0.1) is 0 Å². The molecule has 0 spiro atoms. The summed E-state index contributed by atoms with van der Waals surface area (Å²) in [5, 5.41) is 5.10. The van der Waals surface area contributed by atoms with Gasteiger partial charge < -0.3 is 16.0 Å². The molecule has 0 saturated heterocycles. The number of anilines is 1. The monoisotopic (exact) mass is 404 g/mol. The van der Waals surface area contributed by atoms with Gasteiger partial charge in [0.15, 0.2) is 0 Å². The van der Waals surface area contributed by atoms with Gasteiger partial charge in [0.1, 0.15) is 5.84 Å². The van der Waals surface area contributed by atoms with E-state index in [9.17, 15) is 4.79 Å². The fourth-order valence-electron chi connectivity index (χ4n) is 3.73. The molecule has 0 aliphatic rings. The molecule has 5 nitrogen and oxygen atoms in total. The fourth-order valence-corrected chi connectivity index (χ4v) is 3.73. The first-order valence-corrected chi connectivity index (χ1v) is 9.99. The highest BCUT2D eigenvalue weighted by molar-refractivity contribution is 6.17. The number of nitrogens with zero attached hydrogens (tertiary/aromatic N) is 1. The average Bonchev–Trinajstić information content (AvgIpc) is 3.18. The van der Waals surface area contributed by atoms with Gasteiger partial charge in [-0.3, -0.25) is 4.79 Å². The number of para-hydroxylation sites is 2. The summed E-state index contributed by atoms with van der Waals surface area (Å²) in [5.41, 5.74) is 10.7. The van der Waals surface area contributed by atoms with Gasteiger partial charge in [-0.1, -0.05) is 66.7 Å². The van der Waals surface area contributed by atoms with E-state index in [1.807, 2.05) is 84.9 Å². The number of aromatic nitrogens is 1. The van der Waals surface area contributed by atoms with Gasteiger partial charge in [0.25, 0.3) is 5.91 Å². The Kier molecular flexibility index (Phi) is 4.69. The van der Waals surface area contributed by atoms with E-state index in [2.05, 4.69) is 21.4 Å². The summed E-state index contributed by atoms with van der Waals surface area (Å²) in [5.74, 6) is 0.237. The number of carbonyl (C=O) groups excluding carboxylic acids is 1. The first-order valence-electron chi connectivity index (χ1n) is 9.99. The van der Waals surface area contributed by atoms with Gasteiger partial charge in [-0.05, 0) is 30.3 Å². The molecule has 4 N–H and O–H groups in total. The first kappa shape index (κ1) is 18.6. The number of aromatic amines is 1. The molecule has 5 heteroatoms. The third-order valence-electron chi connectivity index (χ3n) is 5.21. The number of amidine groups is 1. The predicted octanol–water partition coefficient (Wildman–Crippen LogP) is 5.61. The first-order chi connectivity index (χ1) is 15.2. The number of nitrogens with two attached hydrogens (primary N) is 1. The van der Waals surface area contributed by atoms with Crippen molar-refractivity contribution in [2.45, 2.75) is 0 Å². The van der Waals surface area contributed by atoms with Gasteiger partial charge in [0, 0.05) is 27.5 Å². The number of nitrogens with one attached hydrogen (secondary N) is 2. The highest BCUT2D eigenvalue weighted by Gasteiger charge is 2.14. The molecule has 5 rings (SSSR count). The molecule has 5 aromatic rings. The molecule has 0 bridgehead atoms. The van der Waals surface area contributed by atoms with Crippen molar-refractivity contribution >= 4 is 44.9 Å². The van der Waals surface area contributed by atoms with Crippen molar-refractivity contribution in [3.8, 4) is 0 Å². The topological polar surface area (TPSA) is 83.3 Å². The third kappa shape index (κ3) is 3.65. The van der Waals surface area contributed by atoms with Crippen LogP contribution in [0.15, 0.2) is 102 Å². The molecular formula is C26H20N4O. The van der Waals surface area contributed by atoms with Crippen LogP contribution in [0.5, 0.6) is 0 Å². The van der Waals surface area contributed by atoms with Crippen LogP contribution in [0.4, 0.5) is 11.4 Å². The predicted molar refractivity (Wildman–Crippen MR) is 127 cm³/mol. The summed E-state index contributed by atoms with van der Waals surface area (Å²) in [4.78, 5) is 20.9. The lowest BCUT2D eigenvalue weighted by atomic mass is 10.1. The smallest absolute Gasteiger partial charge is 0.257 e. The normalized spacial score (nSPS) is 11.7. The molecule has 0 saturated carbocycles. The Bertz CT molecular complexity index is 1430. The molecule has 150 valence electrons. The Morgan fingerprint density at radius 1 is 0.806 bits per heavy atom. The highest BCUT2D eigenvalue weighted by Crippen LogP contribution is 2.28. The molecule has 1 heterocycles. The maximum Gasteiger partial charge on any atom is 0.257 e. The van der Waals surface area contributed by atoms with Crippen LogP contribution in [-0.2, 0) is 0 Å². The summed E-state index contributed by atoms with van der Waals surface area (Å²) >= 11 is 0. The molecule has 0 atom stereocenters. The zero-order valence-electron chi connectivity index (χ0n) is 16.7. The van der Waals surface area contributed by atoms with Crippen molar-refractivity contribution in [1.82, 2.24) is 4.98 Å².